The van der Waals surface area contributed by atoms with Gasteiger partial charge in [0, 0.05) is 6.42 Å². The fraction of sp³-hybridized carbons (Fsp3) is 0.333. The van der Waals surface area contributed by atoms with E-state index in [9.17, 15) is 0 Å². The van der Waals surface area contributed by atoms with Gasteiger partial charge in [-0.1, -0.05) is 6.92 Å². The molecular formula is C6H8N6. The Hall–Kier alpha value is -1.72. The zero-order valence-corrected chi connectivity index (χ0v) is 6.60. The average molecular weight is 164 g/mol. The quantitative estimate of drug-likeness (QED) is 0.623. The molecule has 2 heterocycles. The van der Waals surface area contributed by atoms with E-state index in [1.165, 1.54) is 6.33 Å². The van der Waals surface area contributed by atoms with E-state index in [0.717, 1.165) is 12.2 Å². The molecule has 0 amide bonds. The summed E-state index contributed by atoms with van der Waals surface area (Å²) in [4.78, 5) is 3.80. The Labute approximate surface area is 68.4 Å². The molecule has 2 N–H and O–H groups in total. The van der Waals surface area contributed by atoms with Crippen LogP contribution in [0.15, 0.2) is 6.33 Å². The van der Waals surface area contributed by atoms with E-state index in [4.69, 9.17) is 5.73 Å². The van der Waals surface area contributed by atoms with Crippen molar-refractivity contribution in [3.63, 3.8) is 0 Å². The lowest BCUT2D eigenvalue weighted by atomic mass is 10.5. The van der Waals surface area contributed by atoms with Crippen LogP contribution in [0, 0.1) is 0 Å². The van der Waals surface area contributed by atoms with Gasteiger partial charge in [-0.15, -0.1) is 10.2 Å². The first-order valence-corrected chi connectivity index (χ1v) is 3.63. The number of fused-ring (bicyclic) bond motifs is 1. The van der Waals surface area contributed by atoms with E-state index in [-0.39, 0.29) is 0 Å². The van der Waals surface area contributed by atoms with Gasteiger partial charge in [0.15, 0.2) is 11.6 Å². The second-order valence-corrected chi connectivity index (χ2v) is 2.35. The van der Waals surface area contributed by atoms with Gasteiger partial charge in [-0.2, -0.15) is 9.61 Å². The number of rotatable bonds is 1. The van der Waals surface area contributed by atoms with Crippen LogP contribution >= 0.6 is 0 Å². The predicted molar refractivity (Wildman–Crippen MR) is 42.4 cm³/mol. The molecule has 2 aromatic rings. The summed E-state index contributed by atoms with van der Waals surface area (Å²) in [5.74, 6) is 1.15. The Kier molecular flexibility index (Phi) is 1.39. The standard InChI is InChI=1S/C6H8N6/c1-2-4-10-11-6-5(7)8-3-9-12(4)6/h3H,2H2,1H3,(H2,7,8,9). The van der Waals surface area contributed by atoms with Gasteiger partial charge in [-0.25, -0.2) is 4.98 Å². The third-order valence-corrected chi connectivity index (χ3v) is 1.61. The lowest BCUT2D eigenvalue weighted by Crippen LogP contribution is -2.01. The van der Waals surface area contributed by atoms with Gasteiger partial charge in [-0.05, 0) is 0 Å². The molecule has 0 bridgehead atoms. The molecular weight excluding hydrogens is 156 g/mol. The number of nitrogens with zero attached hydrogens (tertiary/aromatic N) is 5. The molecule has 0 saturated carbocycles. The van der Waals surface area contributed by atoms with E-state index in [2.05, 4.69) is 20.3 Å². The van der Waals surface area contributed by atoms with Crippen molar-refractivity contribution in [1.29, 1.82) is 0 Å². The van der Waals surface area contributed by atoms with Crippen LogP contribution in [-0.4, -0.2) is 24.8 Å². The molecule has 0 unspecified atom stereocenters. The van der Waals surface area contributed by atoms with E-state index >= 15 is 0 Å². The molecule has 6 heteroatoms. The molecule has 0 aliphatic carbocycles. The van der Waals surface area contributed by atoms with Crippen molar-refractivity contribution in [1.82, 2.24) is 24.8 Å². The van der Waals surface area contributed by atoms with Gasteiger partial charge in [0.1, 0.15) is 6.33 Å². The summed E-state index contributed by atoms with van der Waals surface area (Å²) in [5.41, 5.74) is 6.07. The Morgan fingerprint density at radius 1 is 1.50 bits per heavy atom. The Bertz CT molecular complexity index is 405. The number of hydrogen-bond donors (Lipinski definition) is 1. The van der Waals surface area contributed by atoms with Crippen molar-refractivity contribution in [2.24, 2.45) is 0 Å². The van der Waals surface area contributed by atoms with Crippen LogP contribution in [0.25, 0.3) is 5.65 Å². The fourth-order valence-corrected chi connectivity index (χ4v) is 1.01. The van der Waals surface area contributed by atoms with Crippen molar-refractivity contribution < 1.29 is 0 Å². The summed E-state index contributed by atoms with van der Waals surface area (Å²) in [6.07, 6.45) is 2.17. The lowest BCUT2D eigenvalue weighted by molar-refractivity contribution is 0.810. The molecule has 0 saturated heterocycles. The van der Waals surface area contributed by atoms with E-state index < -0.39 is 0 Å². The molecule has 0 fully saturated rings. The molecule has 0 spiro atoms. The van der Waals surface area contributed by atoms with Crippen molar-refractivity contribution in [3.05, 3.63) is 12.2 Å². The van der Waals surface area contributed by atoms with Crippen molar-refractivity contribution in [2.75, 3.05) is 5.73 Å². The topological polar surface area (TPSA) is 82.0 Å². The zero-order chi connectivity index (χ0) is 8.55. The predicted octanol–water partition coefficient (Wildman–Crippen LogP) is -0.336. The molecule has 6 nitrogen and oxygen atoms in total. The minimum atomic E-state index is 0.359. The third kappa shape index (κ3) is 0.810. The van der Waals surface area contributed by atoms with Crippen molar-refractivity contribution in [2.45, 2.75) is 13.3 Å². The highest BCUT2D eigenvalue weighted by atomic mass is 15.4. The molecule has 0 aliphatic heterocycles. The van der Waals surface area contributed by atoms with Gasteiger partial charge in [-0.3, -0.25) is 0 Å². The summed E-state index contributed by atoms with van der Waals surface area (Å²) < 4.78 is 1.60. The molecule has 0 aliphatic rings. The molecule has 12 heavy (non-hydrogen) atoms. The third-order valence-electron chi connectivity index (χ3n) is 1.61. The van der Waals surface area contributed by atoms with Gasteiger partial charge in [0.05, 0.1) is 0 Å². The maximum Gasteiger partial charge on any atom is 0.220 e. The normalized spacial score (nSPS) is 10.8. The van der Waals surface area contributed by atoms with Gasteiger partial charge in [0.2, 0.25) is 5.65 Å². The second-order valence-electron chi connectivity index (χ2n) is 2.35. The highest BCUT2D eigenvalue weighted by Crippen LogP contribution is 2.05. The maximum absolute atomic E-state index is 5.55. The van der Waals surface area contributed by atoms with E-state index in [0.29, 0.717) is 11.5 Å². The highest BCUT2D eigenvalue weighted by molar-refractivity contribution is 5.57. The Morgan fingerprint density at radius 3 is 3.08 bits per heavy atom. The molecule has 2 aromatic heterocycles. The summed E-state index contributed by atoms with van der Waals surface area (Å²) in [6.45, 7) is 1.98. The van der Waals surface area contributed by atoms with Crippen molar-refractivity contribution in [3.8, 4) is 0 Å². The van der Waals surface area contributed by atoms with Crippen LogP contribution in [0.3, 0.4) is 0 Å². The summed E-state index contributed by atoms with van der Waals surface area (Å²) >= 11 is 0. The van der Waals surface area contributed by atoms with Gasteiger partial charge in [0.25, 0.3) is 0 Å². The summed E-state index contributed by atoms with van der Waals surface area (Å²) in [6, 6.07) is 0. The number of aryl methyl sites for hydroxylation is 1. The fourth-order valence-electron chi connectivity index (χ4n) is 1.01. The van der Waals surface area contributed by atoms with Gasteiger partial charge < -0.3 is 5.73 Å². The van der Waals surface area contributed by atoms with Crippen LogP contribution in [-0.2, 0) is 6.42 Å². The van der Waals surface area contributed by atoms with Crippen molar-refractivity contribution >= 4 is 11.5 Å². The average Bonchev–Trinajstić information content (AvgIpc) is 2.49. The zero-order valence-electron chi connectivity index (χ0n) is 6.60. The smallest absolute Gasteiger partial charge is 0.220 e. The molecule has 2 rings (SSSR count). The molecule has 62 valence electrons. The van der Waals surface area contributed by atoms with Crippen LogP contribution in [0.1, 0.15) is 12.7 Å². The van der Waals surface area contributed by atoms with Gasteiger partial charge >= 0.3 is 0 Å². The largest absolute Gasteiger partial charge is 0.380 e. The monoisotopic (exact) mass is 164 g/mol. The van der Waals surface area contributed by atoms with Crippen LogP contribution in [0.5, 0.6) is 0 Å². The number of hydrogen-bond acceptors (Lipinski definition) is 5. The second kappa shape index (κ2) is 2.40. The minimum absolute atomic E-state index is 0.359. The SMILES string of the molecule is CCc1nnc2c(N)ncnn12. The number of aromatic nitrogens is 5. The van der Waals surface area contributed by atoms with E-state index in [1.54, 1.807) is 4.52 Å². The Balaban J connectivity index is 2.80. The molecule has 0 radical (unpaired) electrons. The summed E-state index contributed by atoms with van der Waals surface area (Å²) in [7, 11) is 0. The minimum Gasteiger partial charge on any atom is -0.380 e. The maximum atomic E-state index is 5.55. The first-order valence-electron chi connectivity index (χ1n) is 3.63. The lowest BCUT2D eigenvalue weighted by Gasteiger charge is -1.94. The number of nitrogens with two attached hydrogens (primary N) is 1. The number of nitrogen functional groups attached to an aromatic ring is 1. The van der Waals surface area contributed by atoms with Crippen LogP contribution in [0.4, 0.5) is 5.82 Å². The van der Waals surface area contributed by atoms with Crippen LogP contribution in [0.2, 0.25) is 0 Å². The summed E-state index contributed by atoms with van der Waals surface area (Å²) in [5, 5.41) is 11.7. The first kappa shape index (κ1) is 6.96. The highest BCUT2D eigenvalue weighted by Gasteiger charge is 2.06. The number of anilines is 1. The van der Waals surface area contributed by atoms with E-state index in [1.807, 2.05) is 6.92 Å². The van der Waals surface area contributed by atoms with Crippen LogP contribution < -0.4 is 5.73 Å². The molecule has 0 atom stereocenters. The first-order chi connectivity index (χ1) is 5.83. The molecule has 0 aromatic carbocycles. The Morgan fingerprint density at radius 2 is 2.33 bits per heavy atom.